The SMILES string of the molecule is CCc1cnc(Cl)nc1-c1nn(C2CCCCO2)c2cc(C#N)ccc12. The fraction of sp³-hybridized carbons (Fsp3) is 0.368. The van der Waals surface area contributed by atoms with Crippen molar-refractivity contribution in [3.05, 3.63) is 40.8 Å². The predicted octanol–water partition coefficient (Wildman–Crippen LogP) is 4.28. The lowest BCUT2D eigenvalue weighted by molar-refractivity contribution is -0.0365. The van der Waals surface area contributed by atoms with Gasteiger partial charge in [-0.05, 0) is 61.0 Å². The van der Waals surface area contributed by atoms with E-state index in [1.165, 1.54) is 0 Å². The van der Waals surface area contributed by atoms with Crippen LogP contribution < -0.4 is 0 Å². The first-order chi connectivity index (χ1) is 12.7. The van der Waals surface area contributed by atoms with E-state index in [1.54, 1.807) is 12.3 Å². The van der Waals surface area contributed by atoms with E-state index in [2.05, 4.69) is 16.0 Å². The Kier molecular flexibility index (Phi) is 4.58. The molecule has 0 spiro atoms. The van der Waals surface area contributed by atoms with Gasteiger partial charge in [-0.1, -0.05) is 6.92 Å². The maximum Gasteiger partial charge on any atom is 0.222 e. The Hall–Kier alpha value is -2.49. The second kappa shape index (κ2) is 7.02. The molecule has 0 amide bonds. The molecule has 1 atom stereocenters. The molecule has 7 heteroatoms. The number of rotatable bonds is 3. The number of ether oxygens (including phenoxy) is 1. The normalized spacial score (nSPS) is 17.3. The Morgan fingerprint density at radius 1 is 1.35 bits per heavy atom. The Morgan fingerprint density at radius 2 is 2.23 bits per heavy atom. The van der Waals surface area contributed by atoms with Gasteiger partial charge in [0.15, 0.2) is 6.23 Å². The van der Waals surface area contributed by atoms with Crippen LogP contribution >= 0.6 is 11.6 Å². The van der Waals surface area contributed by atoms with Gasteiger partial charge in [0.2, 0.25) is 5.28 Å². The van der Waals surface area contributed by atoms with E-state index >= 15 is 0 Å². The van der Waals surface area contributed by atoms with Crippen molar-refractivity contribution in [2.75, 3.05) is 6.61 Å². The molecular formula is C19H18ClN5O. The lowest BCUT2D eigenvalue weighted by Gasteiger charge is -2.23. The summed E-state index contributed by atoms with van der Waals surface area (Å²) in [5.74, 6) is 0. The molecule has 0 bridgehead atoms. The van der Waals surface area contributed by atoms with Gasteiger partial charge in [0.1, 0.15) is 5.69 Å². The Bertz CT molecular complexity index is 1000. The van der Waals surface area contributed by atoms with Crippen LogP contribution in [0.4, 0.5) is 0 Å². The summed E-state index contributed by atoms with van der Waals surface area (Å²) in [6.07, 6.45) is 5.45. The molecule has 3 aromatic rings. The Labute approximate surface area is 156 Å². The summed E-state index contributed by atoms with van der Waals surface area (Å²) >= 11 is 6.05. The molecule has 0 N–H and O–H groups in total. The molecule has 3 heterocycles. The lowest BCUT2D eigenvalue weighted by Crippen LogP contribution is -2.19. The first kappa shape index (κ1) is 17.0. The van der Waals surface area contributed by atoms with Gasteiger partial charge in [0, 0.05) is 18.2 Å². The average Bonchev–Trinajstić information content (AvgIpc) is 3.07. The van der Waals surface area contributed by atoms with E-state index < -0.39 is 0 Å². The van der Waals surface area contributed by atoms with Crippen molar-refractivity contribution < 1.29 is 4.74 Å². The molecule has 26 heavy (non-hydrogen) atoms. The molecule has 2 aromatic heterocycles. The molecular weight excluding hydrogens is 350 g/mol. The molecule has 1 aliphatic rings. The Balaban J connectivity index is 1.96. The third-order valence-electron chi connectivity index (χ3n) is 4.71. The van der Waals surface area contributed by atoms with Crippen LogP contribution in [0.3, 0.4) is 0 Å². The summed E-state index contributed by atoms with van der Waals surface area (Å²) in [4.78, 5) is 8.53. The van der Waals surface area contributed by atoms with Gasteiger partial charge in [0.05, 0.1) is 22.8 Å². The van der Waals surface area contributed by atoms with Gasteiger partial charge in [-0.3, -0.25) is 0 Å². The number of nitriles is 1. The van der Waals surface area contributed by atoms with E-state index in [4.69, 9.17) is 21.4 Å². The standard InChI is InChI=1S/C19H18ClN5O/c1-2-13-11-22-19(20)23-17(13)18-14-7-6-12(10-21)9-15(14)25(24-18)16-5-3-4-8-26-16/h6-7,9,11,16H,2-5,8H2,1H3. The first-order valence-corrected chi connectivity index (χ1v) is 9.14. The molecule has 0 radical (unpaired) electrons. The summed E-state index contributed by atoms with van der Waals surface area (Å²) in [7, 11) is 0. The van der Waals surface area contributed by atoms with Crippen LogP contribution in [0.15, 0.2) is 24.4 Å². The van der Waals surface area contributed by atoms with Crippen molar-refractivity contribution in [2.24, 2.45) is 0 Å². The molecule has 0 aliphatic carbocycles. The zero-order valence-corrected chi connectivity index (χ0v) is 15.2. The van der Waals surface area contributed by atoms with Gasteiger partial charge < -0.3 is 4.74 Å². The fourth-order valence-electron chi connectivity index (χ4n) is 3.37. The van der Waals surface area contributed by atoms with Crippen molar-refractivity contribution in [1.29, 1.82) is 5.26 Å². The highest BCUT2D eigenvalue weighted by atomic mass is 35.5. The largest absolute Gasteiger partial charge is 0.356 e. The molecule has 4 rings (SSSR count). The molecule has 1 saturated heterocycles. The van der Waals surface area contributed by atoms with Gasteiger partial charge in [0.25, 0.3) is 0 Å². The minimum atomic E-state index is -0.128. The van der Waals surface area contributed by atoms with Crippen LogP contribution in [0.2, 0.25) is 5.28 Å². The number of fused-ring (bicyclic) bond motifs is 1. The van der Waals surface area contributed by atoms with Gasteiger partial charge in [-0.25, -0.2) is 14.6 Å². The maximum atomic E-state index is 9.29. The number of nitrogens with zero attached hydrogens (tertiary/aromatic N) is 5. The van der Waals surface area contributed by atoms with Crippen LogP contribution in [0.25, 0.3) is 22.3 Å². The third-order valence-corrected chi connectivity index (χ3v) is 4.89. The highest BCUT2D eigenvalue weighted by Gasteiger charge is 2.23. The highest BCUT2D eigenvalue weighted by molar-refractivity contribution is 6.28. The number of hydrogen-bond acceptors (Lipinski definition) is 5. The molecule has 6 nitrogen and oxygen atoms in total. The Morgan fingerprint density at radius 3 is 2.96 bits per heavy atom. The predicted molar refractivity (Wildman–Crippen MR) is 98.7 cm³/mol. The van der Waals surface area contributed by atoms with Crippen LogP contribution in [0.5, 0.6) is 0 Å². The van der Waals surface area contributed by atoms with Crippen LogP contribution in [0, 0.1) is 11.3 Å². The zero-order valence-electron chi connectivity index (χ0n) is 14.4. The van der Waals surface area contributed by atoms with Crippen molar-refractivity contribution >= 4 is 22.5 Å². The molecule has 0 saturated carbocycles. The first-order valence-electron chi connectivity index (χ1n) is 8.77. The van der Waals surface area contributed by atoms with Crippen molar-refractivity contribution in [2.45, 2.75) is 38.8 Å². The van der Waals surface area contributed by atoms with Crippen LogP contribution in [-0.4, -0.2) is 26.4 Å². The van der Waals surface area contributed by atoms with Crippen molar-refractivity contribution in [1.82, 2.24) is 19.7 Å². The third kappa shape index (κ3) is 2.94. The molecule has 1 fully saturated rings. The topological polar surface area (TPSA) is 76.6 Å². The lowest BCUT2D eigenvalue weighted by atomic mass is 10.1. The maximum absolute atomic E-state index is 9.29. The van der Waals surface area contributed by atoms with Crippen molar-refractivity contribution in [3.63, 3.8) is 0 Å². The number of hydrogen-bond donors (Lipinski definition) is 0. The van der Waals surface area contributed by atoms with Gasteiger partial charge in [-0.15, -0.1) is 0 Å². The number of benzene rings is 1. The van der Waals surface area contributed by atoms with Gasteiger partial charge >= 0.3 is 0 Å². The molecule has 132 valence electrons. The second-order valence-corrected chi connectivity index (χ2v) is 6.66. The summed E-state index contributed by atoms with van der Waals surface area (Å²) < 4.78 is 7.82. The monoisotopic (exact) mass is 367 g/mol. The molecule has 1 unspecified atom stereocenters. The minimum Gasteiger partial charge on any atom is -0.356 e. The number of aryl methyl sites for hydroxylation is 1. The molecule has 1 aliphatic heterocycles. The quantitative estimate of drug-likeness (QED) is 0.646. The van der Waals surface area contributed by atoms with E-state index in [0.29, 0.717) is 5.56 Å². The average molecular weight is 368 g/mol. The number of aromatic nitrogens is 4. The zero-order chi connectivity index (χ0) is 18.1. The summed E-state index contributed by atoms with van der Waals surface area (Å²) in [5.41, 5.74) is 3.94. The molecule has 1 aromatic carbocycles. The van der Waals surface area contributed by atoms with Gasteiger partial charge in [-0.2, -0.15) is 10.4 Å². The minimum absolute atomic E-state index is 0.128. The smallest absolute Gasteiger partial charge is 0.222 e. The van der Waals surface area contributed by atoms with Crippen LogP contribution in [0.1, 0.15) is 43.5 Å². The second-order valence-electron chi connectivity index (χ2n) is 6.32. The van der Waals surface area contributed by atoms with E-state index in [0.717, 1.165) is 60.1 Å². The summed E-state index contributed by atoms with van der Waals surface area (Å²) in [5, 5.41) is 15.3. The van der Waals surface area contributed by atoms with E-state index in [-0.39, 0.29) is 11.5 Å². The summed E-state index contributed by atoms with van der Waals surface area (Å²) in [6, 6.07) is 7.78. The van der Waals surface area contributed by atoms with E-state index in [9.17, 15) is 5.26 Å². The van der Waals surface area contributed by atoms with E-state index in [1.807, 2.05) is 23.7 Å². The highest BCUT2D eigenvalue weighted by Crippen LogP contribution is 2.34. The number of halogens is 1. The fourth-order valence-corrected chi connectivity index (χ4v) is 3.50. The van der Waals surface area contributed by atoms with Crippen LogP contribution in [-0.2, 0) is 11.2 Å². The summed E-state index contributed by atoms with van der Waals surface area (Å²) in [6.45, 7) is 2.77. The van der Waals surface area contributed by atoms with Crippen molar-refractivity contribution in [3.8, 4) is 17.5 Å².